The van der Waals surface area contributed by atoms with Gasteiger partial charge in [-0.25, -0.2) is 0 Å². The summed E-state index contributed by atoms with van der Waals surface area (Å²) in [7, 11) is 3.26. The first-order valence-corrected chi connectivity index (χ1v) is 13.2. The molecule has 0 atom stereocenters. The van der Waals surface area contributed by atoms with E-state index in [4.69, 9.17) is 28.4 Å². The summed E-state index contributed by atoms with van der Waals surface area (Å²) in [6, 6.07) is 21.0. The zero-order chi connectivity index (χ0) is 28.7. The van der Waals surface area contributed by atoms with Crippen LogP contribution in [0, 0.1) is 12.1 Å². The fraction of sp³-hybridized carbons (Fsp3) is 0.312. The molecule has 220 valence electrons. The first-order valence-electron chi connectivity index (χ1n) is 13.2. The van der Waals surface area contributed by atoms with Gasteiger partial charge in [0.2, 0.25) is 0 Å². The van der Waals surface area contributed by atoms with Crippen LogP contribution < -0.4 is 28.4 Å². The number of rotatable bonds is 12. The van der Waals surface area contributed by atoms with Crippen molar-refractivity contribution in [1.82, 2.24) is 9.97 Å². The third-order valence-electron chi connectivity index (χ3n) is 5.43. The molecule has 0 aliphatic carbocycles. The van der Waals surface area contributed by atoms with Crippen LogP contribution >= 0.6 is 0 Å². The molecule has 0 N–H and O–H groups in total. The summed E-state index contributed by atoms with van der Waals surface area (Å²) >= 11 is 0. The Morgan fingerprint density at radius 3 is 1.29 bits per heavy atom. The van der Waals surface area contributed by atoms with E-state index in [9.17, 15) is 0 Å². The smallest absolute Gasteiger partial charge is 0.537 e. The molecule has 0 aliphatic heterocycles. The van der Waals surface area contributed by atoms with Crippen LogP contribution in [0.5, 0.6) is 34.5 Å². The van der Waals surface area contributed by atoms with Gasteiger partial charge >= 0.3 is 21.1 Å². The number of pyridine rings is 2. The third-order valence-corrected chi connectivity index (χ3v) is 5.43. The molecule has 0 saturated carbocycles. The molecular formula is C32H36N2O6Pt. The number of aromatic nitrogens is 2. The molecule has 4 rings (SSSR count). The van der Waals surface area contributed by atoms with Crippen molar-refractivity contribution in [3.05, 3.63) is 73.1 Å². The molecule has 0 aliphatic rings. The van der Waals surface area contributed by atoms with Crippen molar-refractivity contribution in [1.29, 1.82) is 0 Å². The number of benzene rings is 2. The average Bonchev–Trinajstić information content (AvgIpc) is 2.98. The van der Waals surface area contributed by atoms with Gasteiger partial charge in [0.05, 0.1) is 40.6 Å². The van der Waals surface area contributed by atoms with Gasteiger partial charge < -0.3 is 38.4 Å². The standard InChI is InChI=1S/2C16H18NO3.Pt/c2*1-4-19-13-6-7-14(16(11-13)20-5-2)15-10-12(18-3)8-9-17-15;/h2*6,8-11H,4-5H2,1-3H3;/q2*-1;+2. The summed E-state index contributed by atoms with van der Waals surface area (Å²) in [5.41, 5.74) is 3.12. The van der Waals surface area contributed by atoms with Crippen LogP contribution in [0.4, 0.5) is 0 Å². The maximum Gasteiger partial charge on any atom is 2.00 e. The normalized spacial score (nSPS) is 9.90. The van der Waals surface area contributed by atoms with Crippen molar-refractivity contribution in [2.45, 2.75) is 27.7 Å². The van der Waals surface area contributed by atoms with Gasteiger partial charge in [-0.05, 0) is 63.3 Å². The van der Waals surface area contributed by atoms with Crippen LogP contribution in [0.3, 0.4) is 0 Å². The van der Waals surface area contributed by atoms with Crippen molar-refractivity contribution in [2.24, 2.45) is 0 Å². The maximum atomic E-state index is 5.66. The van der Waals surface area contributed by atoms with E-state index in [0.717, 1.165) is 45.5 Å². The van der Waals surface area contributed by atoms with Crippen LogP contribution in [0.2, 0.25) is 0 Å². The van der Waals surface area contributed by atoms with E-state index >= 15 is 0 Å². The van der Waals surface area contributed by atoms with E-state index in [1.807, 2.05) is 52.0 Å². The summed E-state index contributed by atoms with van der Waals surface area (Å²) in [5.74, 6) is 4.39. The molecule has 0 amide bonds. The van der Waals surface area contributed by atoms with Gasteiger partial charge in [-0.3, -0.25) is 0 Å². The molecule has 2 heterocycles. The number of ether oxygens (including phenoxy) is 6. The molecule has 2 aromatic carbocycles. The molecule has 41 heavy (non-hydrogen) atoms. The fourth-order valence-electron chi connectivity index (χ4n) is 3.70. The van der Waals surface area contributed by atoms with E-state index in [1.165, 1.54) is 0 Å². The SMILES string of the molecule is CCOc1c[c-]c(-c2cc(OC)ccn2)c(OCC)c1.CCOc1c[c-]c(-c2cc(OC)ccn2)c(OCC)c1.[Pt+2]. The summed E-state index contributed by atoms with van der Waals surface area (Å²) in [5, 5.41) is 0. The first kappa shape index (κ1) is 33.4. The Labute approximate surface area is 257 Å². The Hall–Kier alpha value is -3.77. The van der Waals surface area contributed by atoms with E-state index < -0.39 is 0 Å². The Morgan fingerprint density at radius 1 is 0.561 bits per heavy atom. The average molecular weight is 740 g/mol. The van der Waals surface area contributed by atoms with Gasteiger partial charge in [0.15, 0.2) is 0 Å². The van der Waals surface area contributed by atoms with Crippen LogP contribution in [-0.4, -0.2) is 50.6 Å². The largest absolute Gasteiger partial charge is 2.00 e. The predicted octanol–water partition coefficient (Wildman–Crippen LogP) is 6.71. The maximum absolute atomic E-state index is 5.66. The van der Waals surface area contributed by atoms with E-state index in [-0.39, 0.29) is 21.1 Å². The molecule has 0 saturated heterocycles. The second-order valence-corrected chi connectivity index (χ2v) is 8.04. The fourth-order valence-corrected chi connectivity index (χ4v) is 3.70. The van der Waals surface area contributed by atoms with Crippen molar-refractivity contribution in [3.8, 4) is 57.0 Å². The van der Waals surface area contributed by atoms with E-state index in [1.54, 1.807) is 50.9 Å². The van der Waals surface area contributed by atoms with Crippen LogP contribution in [0.1, 0.15) is 27.7 Å². The monoisotopic (exact) mass is 739 g/mol. The summed E-state index contributed by atoms with van der Waals surface area (Å²) in [6.45, 7) is 10.1. The minimum atomic E-state index is 0. The second kappa shape index (κ2) is 17.8. The third kappa shape index (κ3) is 9.68. The Morgan fingerprint density at radius 2 is 0.951 bits per heavy atom. The van der Waals surface area contributed by atoms with Crippen molar-refractivity contribution < 1.29 is 49.5 Å². The molecule has 0 spiro atoms. The van der Waals surface area contributed by atoms with Crippen LogP contribution in [0.15, 0.2) is 60.9 Å². The van der Waals surface area contributed by atoms with E-state index in [2.05, 4.69) is 22.1 Å². The van der Waals surface area contributed by atoms with Crippen molar-refractivity contribution in [3.63, 3.8) is 0 Å². The van der Waals surface area contributed by atoms with Crippen molar-refractivity contribution >= 4 is 0 Å². The molecular weight excluding hydrogens is 703 g/mol. The van der Waals surface area contributed by atoms with Crippen molar-refractivity contribution in [2.75, 3.05) is 40.6 Å². The van der Waals surface area contributed by atoms with Gasteiger partial charge in [-0.15, -0.1) is 24.3 Å². The summed E-state index contributed by atoms with van der Waals surface area (Å²) in [4.78, 5) is 8.69. The van der Waals surface area contributed by atoms with Crippen LogP contribution in [0.25, 0.3) is 22.5 Å². The quantitative estimate of drug-likeness (QED) is 0.149. The minimum absolute atomic E-state index is 0. The molecule has 2 aromatic heterocycles. The topological polar surface area (TPSA) is 81.2 Å². The Kier molecular flexibility index (Phi) is 14.5. The summed E-state index contributed by atoms with van der Waals surface area (Å²) in [6.07, 6.45) is 3.41. The van der Waals surface area contributed by atoms with E-state index in [0.29, 0.717) is 37.9 Å². The molecule has 0 unspecified atom stereocenters. The predicted molar refractivity (Wildman–Crippen MR) is 155 cm³/mol. The molecule has 0 fully saturated rings. The number of hydrogen-bond acceptors (Lipinski definition) is 8. The number of nitrogens with zero attached hydrogens (tertiary/aromatic N) is 2. The zero-order valence-corrected chi connectivity index (χ0v) is 26.5. The molecule has 0 radical (unpaired) electrons. The molecule has 8 nitrogen and oxygen atoms in total. The molecule has 9 heteroatoms. The number of methoxy groups -OCH3 is 2. The molecule has 4 aromatic rings. The van der Waals surface area contributed by atoms with Gasteiger partial charge in [-0.2, -0.15) is 0 Å². The number of hydrogen-bond donors (Lipinski definition) is 0. The first-order chi connectivity index (χ1) is 19.6. The Balaban J connectivity index is 0.000000280. The second-order valence-electron chi connectivity index (χ2n) is 8.04. The van der Waals surface area contributed by atoms with Gasteiger partial charge in [0.25, 0.3) is 0 Å². The van der Waals surface area contributed by atoms with Gasteiger partial charge in [0.1, 0.15) is 11.5 Å². The Bertz CT molecular complexity index is 1250. The van der Waals surface area contributed by atoms with Gasteiger partial charge in [-0.1, -0.05) is 23.3 Å². The minimum Gasteiger partial charge on any atom is -0.537 e. The van der Waals surface area contributed by atoms with Gasteiger partial charge in [0, 0.05) is 35.4 Å². The van der Waals surface area contributed by atoms with Crippen LogP contribution in [-0.2, 0) is 21.1 Å². The summed E-state index contributed by atoms with van der Waals surface area (Å²) < 4.78 is 32.7. The molecule has 0 bridgehead atoms. The zero-order valence-electron chi connectivity index (χ0n) is 24.3.